The molecule has 0 saturated carbocycles. The van der Waals surface area contributed by atoms with E-state index in [9.17, 15) is 10.1 Å². The first-order chi connectivity index (χ1) is 12.4. The zero-order valence-corrected chi connectivity index (χ0v) is 15.1. The summed E-state index contributed by atoms with van der Waals surface area (Å²) in [7, 11) is 0. The first kappa shape index (κ1) is 17.9. The molecule has 0 spiro atoms. The van der Waals surface area contributed by atoms with Gasteiger partial charge < -0.3 is 16.0 Å². The Morgan fingerprint density at radius 3 is 2.73 bits per heavy atom. The highest BCUT2D eigenvalue weighted by atomic mass is 16.6. The lowest BCUT2D eigenvalue weighted by atomic mass is 10.0. The quantitative estimate of drug-likeness (QED) is 0.625. The highest BCUT2D eigenvalue weighted by molar-refractivity contribution is 5.71. The van der Waals surface area contributed by atoms with E-state index in [0.717, 1.165) is 31.5 Å². The summed E-state index contributed by atoms with van der Waals surface area (Å²) in [5.41, 5.74) is 7.95. The molecule has 8 nitrogen and oxygen atoms in total. The van der Waals surface area contributed by atoms with Crippen LogP contribution in [0.2, 0.25) is 0 Å². The predicted molar refractivity (Wildman–Crippen MR) is 102 cm³/mol. The topological polar surface area (TPSA) is 110 Å². The van der Waals surface area contributed by atoms with Gasteiger partial charge in [-0.15, -0.1) is 0 Å². The third kappa shape index (κ3) is 4.01. The van der Waals surface area contributed by atoms with E-state index in [2.05, 4.69) is 22.2 Å². The molecular weight excluding hydrogens is 332 g/mol. The SMILES string of the molecule is Cc1ccc(CNc2nc(N)c([N+](=O)[O-])c(N3CCC[C@@H](C)C3)n2)cc1. The fourth-order valence-electron chi connectivity index (χ4n) is 3.20. The van der Waals surface area contributed by atoms with Gasteiger partial charge >= 0.3 is 5.69 Å². The summed E-state index contributed by atoms with van der Waals surface area (Å²) in [4.78, 5) is 21.5. The number of benzene rings is 1. The Bertz CT molecular complexity index is 793. The number of anilines is 3. The van der Waals surface area contributed by atoms with Crippen molar-refractivity contribution >= 4 is 23.3 Å². The van der Waals surface area contributed by atoms with Crippen LogP contribution in [0.5, 0.6) is 0 Å². The molecule has 0 amide bonds. The van der Waals surface area contributed by atoms with Crippen LogP contribution >= 0.6 is 0 Å². The number of hydrogen-bond donors (Lipinski definition) is 2. The van der Waals surface area contributed by atoms with E-state index in [1.165, 1.54) is 5.56 Å². The monoisotopic (exact) mass is 356 g/mol. The van der Waals surface area contributed by atoms with Crippen LogP contribution in [0.15, 0.2) is 24.3 Å². The Hall–Kier alpha value is -2.90. The van der Waals surface area contributed by atoms with Crippen LogP contribution in [0.3, 0.4) is 0 Å². The molecule has 3 rings (SSSR count). The number of aryl methyl sites for hydroxylation is 1. The van der Waals surface area contributed by atoms with E-state index in [4.69, 9.17) is 5.73 Å². The third-order valence-corrected chi connectivity index (χ3v) is 4.60. The van der Waals surface area contributed by atoms with Gasteiger partial charge in [-0.1, -0.05) is 36.8 Å². The van der Waals surface area contributed by atoms with Crippen LogP contribution in [0, 0.1) is 23.0 Å². The van der Waals surface area contributed by atoms with Crippen LogP contribution in [-0.2, 0) is 6.54 Å². The zero-order valence-electron chi connectivity index (χ0n) is 15.1. The Morgan fingerprint density at radius 2 is 2.08 bits per heavy atom. The Balaban J connectivity index is 1.86. The van der Waals surface area contributed by atoms with Crippen molar-refractivity contribution < 1.29 is 4.92 Å². The van der Waals surface area contributed by atoms with Crippen molar-refractivity contribution in [2.24, 2.45) is 5.92 Å². The molecule has 1 fully saturated rings. The van der Waals surface area contributed by atoms with Crippen LogP contribution in [0.4, 0.5) is 23.3 Å². The highest BCUT2D eigenvalue weighted by Crippen LogP contribution is 2.34. The van der Waals surface area contributed by atoms with Crippen molar-refractivity contribution in [1.29, 1.82) is 0 Å². The average molecular weight is 356 g/mol. The van der Waals surface area contributed by atoms with Crippen LogP contribution < -0.4 is 16.0 Å². The number of nitrogen functional groups attached to an aromatic ring is 1. The van der Waals surface area contributed by atoms with Crippen LogP contribution in [0.1, 0.15) is 30.9 Å². The summed E-state index contributed by atoms with van der Waals surface area (Å²) >= 11 is 0. The second-order valence-corrected chi connectivity index (χ2v) is 6.89. The fraction of sp³-hybridized carbons (Fsp3) is 0.444. The van der Waals surface area contributed by atoms with Gasteiger partial charge in [-0.2, -0.15) is 9.97 Å². The van der Waals surface area contributed by atoms with Crippen molar-refractivity contribution in [2.45, 2.75) is 33.2 Å². The van der Waals surface area contributed by atoms with Crippen molar-refractivity contribution in [3.63, 3.8) is 0 Å². The molecule has 1 aliphatic rings. The molecule has 2 heterocycles. The Kier molecular flexibility index (Phi) is 5.20. The summed E-state index contributed by atoms with van der Waals surface area (Å²) in [5.74, 6) is 0.968. The molecule has 1 saturated heterocycles. The van der Waals surface area contributed by atoms with Gasteiger partial charge in [0.2, 0.25) is 17.6 Å². The normalized spacial score (nSPS) is 17.2. The van der Waals surface area contributed by atoms with Gasteiger partial charge in [-0.05, 0) is 31.2 Å². The number of piperidine rings is 1. The number of rotatable bonds is 5. The molecule has 0 unspecified atom stereocenters. The minimum atomic E-state index is -0.492. The summed E-state index contributed by atoms with van der Waals surface area (Å²) < 4.78 is 0. The summed E-state index contributed by atoms with van der Waals surface area (Å²) in [6, 6.07) is 8.10. The van der Waals surface area contributed by atoms with Crippen LogP contribution in [0.25, 0.3) is 0 Å². The molecule has 1 aromatic carbocycles. The maximum atomic E-state index is 11.5. The van der Waals surface area contributed by atoms with Gasteiger partial charge in [0.25, 0.3) is 0 Å². The molecule has 3 N–H and O–H groups in total. The number of nitrogens with one attached hydrogen (secondary N) is 1. The highest BCUT2D eigenvalue weighted by Gasteiger charge is 2.29. The molecular formula is C18H24N6O2. The van der Waals surface area contributed by atoms with E-state index >= 15 is 0 Å². The number of hydrogen-bond acceptors (Lipinski definition) is 7. The third-order valence-electron chi connectivity index (χ3n) is 4.60. The van der Waals surface area contributed by atoms with E-state index in [1.807, 2.05) is 36.1 Å². The Morgan fingerprint density at radius 1 is 1.35 bits per heavy atom. The van der Waals surface area contributed by atoms with Gasteiger partial charge in [-0.3, -0.25) is 10.1 Å². The van der Waals surface area contributed by atoms with Gasteiger partial charge in [0.05, 0.1) is 4.92 Å². The second kappa shape index (κ2) is 7.55. The van der Waals surface area contributed by atoms with Crippen molar-refractivity contribution in [3.8, 4) is 0 Å². The lowest BCUT2D eigenvalue weighted by Gasteiger charge is -2.31. The second-order valence-electron chi connectivity index (χ2n) is 6.89. The van der Waals surface area contributed by atoms with E-state index < -0.39 is 4.92 Å². The van der Waals surface area contributed by atoms with Crippen molar-refractivity contribution in [3.05, 3.63) is 45.5 Å². The average Bonchev–Trinajstić information content (AvgIpc) is 2.60. The Labute approximate surface area is 152 Å². The molecule has 8 heteroatoms. The lowest BCUT2D eigenvalue weighted by Crippen LogP contribution is -2.35. The van der Waals surface area contributed by atoms with Crippen LogP contribution in [-0.4, -0.2) is 28.0 Å². The van der Waals surface area contributed by atoms with Crippen molar-refractivity contribution in [2.75, 3.05) is 29.0 Å². The van der Waals surface area contributed by atoms with Crippen molar-refractivity contribution in [1.82, 2.24) is 9.97 Å². The lowest BCUT2D eigenvalue weighted by molar-refractivity contribution is -0.383. The fourth-order valence-corrected chi connectivity index (χ4v) is 3.20. The molecule has 0 bridgehead atoms. The maximum absolute atomic E-state index is 11.5. The largest absolute Gasteiger partial charge is 0.378 e. The predicted octanol–water partition coefficient (Wildman–Crippen LogP) is 3.12. The molecule has 26 heavy (non-hydrogen) atoms. The standard InChI is InChI=1S/C18H24N6O2/c1-12-5-7-14(8-6-12)10-20-18-21-16(19)15(24(25)26)17(22-18)23-9-3-4-13(2)11-23/h5-8,13H,3-4,9-11H2,1-2H3,(H3,19,20,21,22)/t13-/m1/s1. The molecule has 2 aromatic rings. The number of nitrogens with zero attached hydrogens (tertiary/aromatic N) is 4. The molecule has 1 aliphatic heterocycles. The minimum Gasteiger partial charge on any atom is -0.378 e. The smallest absolute Gasteiger partial charge is 0.353 e. The minimum absolute atomic E-state index is 0.107. The van der Waals surface area contributed by atoms with E-state index in [1.54, 1.807) is 0 Å². The van der Waals surface area contributed by atoms with E-state index in [-0.39, 0.29) is 11.5 Å². The first-order valence-corrected chi connectivity index (χ1v) is 8.80. The first-order valence-electron chi connectivity index (χ1n) is 8.80. The van der Waals surface area contributed by atoms with Gasteiger partial charge in [0, 0.05) is 19.6 Å². The summed E-state index contributed by atoms with van der Waals surface area (Å²) in [6.45, 7) is 6.16. The molecule has 0 aliphatic carbocycles. The number of nitro groups is 1. The number of aromatic nitrogens is 2. The molecule has 0 radical (unpaired) electrons. The maximum Gasteiger partial charge on any atom is 0.353 e. The molecule has 1 atom stereocenters. The van der Waals surface area contributed by atoms with Gasteiger partial charge in [0.1, 0.15) is 0 Å². The number of nitrogens with two attached hydrogens (primary N) is 1. The van der Waals surface area contributed by atoms with E-state index in [0.29, 0.717) is 24.2 Å². The zero-order chi connectivity index (χ0) is 18.7. The summed E-state index contributed by atoms with van der Waals surface area (Å²) in [6.07, 6.45) is 2.09. The van der Waals surface area contributed by atoms with Gasteiger partial charge in [0.15, 0.2) is 0 Å². The molecule has 1 aromatic heterocycles. The summed E-state index contributed by atoms with van der Waals surface area (Å²) in [5, 5.41) is 14.6. The molecule has 138 valence electrons. The van der Waals surface area contributed by atoms with Gasteiger partial charge in [-0.25, -0.2) is 0 Å².